The SMILES string of the molecule is Fc1ccc(C2=CCNC2)cc1F. The molecule has 3 heteroatoms. The molecule has 0 aliphatic carbocycles. The van der Waals surface area contributed by atoms with Gasteiger partial charge >= 0.3 is 0 Å². The number of nitrogens with one attached hydrogen (secondary N) is 1. The molecular formula is C10H9F2N. The molecule has 1 heterocycles. The first-order chi connectivity index (χ1) is 6.27. The third-order valence-electron chi connectivity index (χ3n) is 2.10. The van der Waals surface area contributed by atoms with Gasteiger partial charge in [0.1, 0.15) is 0 Å². The number of hydrogen-bond donors (Lipinski definition) is 1. The van der Waals surface area contributed by atoms with E-state index in [4.69, 9.17) is 0 Å². The fourth-order valence-electron chi connectivity index (χ4n) is 1.39. The minimum atomic E-state index is -0.796. The molecule has 0 saturated heterocycles. The van der Waals surface area contributed by atoms with Crippen molar-refractivity contribution in [3.8, 4) is 0 Å². The molecule has 0 aromatic heterocycles. The Morgan fingerprint density at radius 2 is 2.00 bits per heavy atom. The van der Waals surface area contributed by atoms with Crippen molar-refractivity contribution in [2.24, 2.45) is 0 Å². The van der Waals surface area contributed by atoms with Crippen molar-refractivity contribution in [2.75, 3.05) is 13.1 Å². The van der Waals surface area contributed by atoms with Crippen LogP contribution in [0.2, 0.25) is 0 Å². The number of rotatable bonds is 1. The summed E-state index contributed by atoms with van der Waals surface area (Å²) < 4.78 is 25.4. The predicted molar refractivity (Wildman–Crippen MR) is 47.2 cm³/mol. The van der Waals surface area contributed by atoms with Crippen LogP contribution < -0.4 is 5.32 Å². The second kappa shape index (κ2) is 3.26. The first kappa shape index (κ1) is 8.38. The number of hydrogen-bond acceptors (Lipinski definition) is 1. The number of halogens is 2. The van der Waals surface area contributed by atoms with E-state index in [9.17, 15) is 8.78 Å². The predicted octanol–water partition coefficient (Wildman–Crippen LogP) is 1.95. The highest BCUT2D eigenvalue weighted by molar-refractivity contribution is 5.68. The molecule has 1 aromatic rings. The van der Waals surface area contributed by atoms with Crippen LogP contribution in [0, 0.1) is 11.6 Å². The summed E-state index contributed by atoms with van der Waals surface area (Å²) in [4.78, 5) is 0. The van der Waals surface area contributed by atoms with Crippen LogP contribution in [0.1, 0.15) is 5.56 Å². The third-order valence-corrected chi connectivity index (χ3v) is 2.10. The van der Waals surface area contributed by atoms with E-state index < -0.39 is 11.6 Å². The molecule has 1 nitrogen and oxygen atoms in total. The molecule has 1 aliphatic heterocycles. The molecule has 0 saturated carbocycles. The Morgan fingerprint density at radius 3 is 2.62 bits per heavy atom. The summed E-state index contributed by atoms with van der Waals surface area (Å²) in [7, 11) is 0. The molecule has 1 N–H and O–H groups in total. The highest BCUT2D eigenvalue weighted by Gasteiger charge is 2.08. The van der Waals surface area contributed by atoms with Crippen molar-refractivity contribution in [1.29, 1.82) is 0 Å². The molecule has 0 atom stereocenters. The van der Waals surface area contributed by atoms with Gasteiger partial charge in [-0.3, -0.25) is 0 Å². The molecular weight excluding hydrogens is 172 g/mol. The molecule has 0 radical (unpaired) electrons. The standard InChI is InChI=1S/C10H9F2N/c11-9-2-1-7(5-10(9)12)8-3-4-13-6-8/h1-3,5,13H,4,6H2. The molecule has 13 heavy (non-hydrogen) atoms. The molecule has 0 spiro atoms. The van der Waals surface area contributed by atoms with Crippen LogP contribution in [-0.4, -0.2) is 13.1 Å². The van der Waals surface area contributed by atoms with Crippen LogP contribution in [-0.2, 0) is 0 Å². The zero-order chi connectivity index (χ0) is 9.26. The normalized spacial score (nSPS) is 16.0. The summed E-state index contributed by atoms with van der Waals surface area (Å²) in [6, 6.07) is 3.98. The highest BCUT2D eigenvalue weighted by atomic mass is 19.2. The van der Waals surface area contributed by atoms with Gasteiger partial charge in [-0.05, 0) is 23.3 Å². The van der Waals surface area contributed by atoms with E-state index >= 15 is 0 Å². The Balaban J connectivity index is 2.36. The van der Waals surface area contributed by atoms with E-state index in [1.165, 1.54) is 6.07 Å². The molecule has 0 bridgehead atoms. The molecule has 0 fully saturated rings. The second-order valence-corrected chi connectivity index (χ2v) is 2.99. The average molecular weight is 181 g/mol. The van der Waals surface area contributed by atoms with Crippen LogP contribution in [0.3, 0.4) is 0 Å². The quantitative estimate of drug-likeness (QED) is 0.698. The van der Waals surface area contributed by atoms with Crippen molar-refractivity contribution in [1.82, 2.24) is 5.32 Å². The van der Waals surface area contributed by atoms with Crippen molar-refractivity contribution in [2.45, 2.75) is 0 Å². The average Bonchev–Trinajstić information content (AvgIpc) is 2.62. The minimum absolute atomic E-state index is 0.727. The van der Waals surface area contributed by atoms with Crippen LogP contribution in [0.4, 0.5) is 8.78 Å². The maximum atomic E-state index is 12.8. The summed E-state index contributed by atoms with van der Waals surface area (Å²) in [5.41, 5.74) is 1.78. The van der Waals surface area contributed by atoms with Gasteiger partial charge in [-0.1, -0.05) is 12.1 Å². The van der Waals surface area contributed by atoms with E-state index in [1.807, 2.05) is 6.08 Å². The molecule has 1 aromatic carbocycles. The van der Waals surface area contributed by atoms with Crippen molar-refractivity contribution in [3.05, 3.63) is 41.5 Å². The first-order valence-electron chi connectivity index (χ1n) is 4.12. The Morgan fingerprint density at radius 1 is 1.15 bits per heavy atom. The van der Waals surface area contributed by atoms with Crippen LogP contribution in [0.15, 0.2) is 24.3 Å². The zero-order valence-corrected chi connectivity index (χ0v) is 6.98. The summed E-state index contributed by atoms with van der Waals surface area (Å²) in [5, 5.41) is 3.10. The lowest BCUT2D eigenvalue weighted by Gasteiger charge is -2.01. The lowest BCUT2D eigenvalue weighted by molar-refractivity contribution is 0.508. The van der Waals surface area contributed by atoms with Crippen LogP contribution >= 0.6 is 0 Å². The van der Waals surface area contributed by atoms with Gasteiger partial charge in [0, 0.05) is 13.1 Å². The lowest BCUT2D eigenvalue weighted by Crippen LogP contribution is -2.07. The van der Waals surface area contributed by atoms with Gasteiger partial charge in [0.05, 0.1) is 0 Å². The second-order valence-electron chi connectivity index (χ2n) is 2.99. The third kappa shape index (κ3) is 1.60. The van der Waals surface area contributed by atoms with Crippen molar-refractivity contribution in [3.63, 3.8) is 0 Å². The van der Waals surface area contributed by atoms with E-state index in [0.717, 1.165) is 30.3 Å². The van der Waals surface area contributed by atoms with Gasteiger partial charge in [-0.2, -0.15) is 0 Å². The number of benzene rings is 1. The largest absolute Gasteiger partial charge is 0.309 e. The van der Waals surface area contributed by atoms with E-state index in [2.05, 4.69) is 5.32 Å². The minimum Gasteiger partial charge on any atom is -0.309 e. The Labute approximate surface area is 75.1 Å². The highest BCUT2D eigenvalue weighted by Crippen LogP contribution is 2.18. The zero-order valence-electron chi connectivity index (χ0n) is 6.98. The van der Waals surface area contributed by atoms with Gasteiger partial charge < -0.3 is 5.32 Å². The van der Waals surface area contributed by atoms with E-state index in [1.54, 1.807) is 6.07 Å². The van der Waals surface area contributed by atoms with Crippen LogP contribution in [0.25, 0.3) is 5.57 Å². The molecule has 68 valence electrons. The fraction of sp³-hybridized carbons (Fsp3) is 0.200. The molecule has 2 rings (SSSR count). The maximum Gasteiger partial charge on any atom is 0.159 e. The smallest absolute Gasteiger partial charge is 0.159 e. The summed E-state index contributed by atoms with van der Waals surface area (Å²) in [6.07, 6.45) is 1.98. The van der Waals surface area contributed by atoms with Crippen molar-refractivity contribution < 1.29 is 8.78 Å². The monoisotopic (exact) mass is 181 g/mol. The van der Waals surface area contributed by atoms with Gasteiger partial charge in [0.2, 0.25) is 0 Å². The molecule has 1 aliphatic rings. The van der Waals surface area contributed by atoms with E-state index in [-0.39, 0.29) is 0 Å². The molecule has 0 amide bonds. The summed E-state index contributed by atoms with van der Waals surface area (Å²) in [6.45, 7) is 1.53. The fourth-order valence-corrected chi connectivity index (χ4v) is 1.39. The lowest BCUT2D eigenvalue weighted by atomic mass is 10.1. The Bertz CT molecular complexity index is 358. The maximum absolute atomic E-state index is 12.8. The van der Waals surface area contributed by atoms with Gasteiger partial charge in [0.25, 0.3) is 0 Å². The Kier molecular flexibility index (Phi) is 2.10. The van der Waals surface area contributed by atoms with E-state index in [0.29, 0.717) is 0 Å². The van der Waals surface area contributed by atoms with Gasteiger partial charge in [0.15, 0.2) is 11.6 Å². The summed E-state index contributed by atoms with van der Waals surface area (Å²) >= 11 is 0. The van der Waals surface area contributed by atoms with Crippen LogP contribution in [0.5, 0.6) is 0 Å². The Hall–Kier alpha value is -1.22. The van der Waals surface area contributed by atoms with Crippen molar-refractivity contribution >= 4 is 5.57 Å². The van der Waals surface area contributed by atoms with Gasteiger partial charge in [-0.25, -0.2) is 8.78 Å². The first-order valence-corrected chi connectivity index (χ1v) is 4.12. The van der Waals surface area contributed by atoms with Gasteiger partial charge in [-0.15, -0.1) is 0 Å². The molecule has 0 unspecified atom stereocenters. The topological polar surface area (TPSA) is 12.0 Å². The summed E-state index contributed by atoms with van der Waals surface area (Å²) in [5.74, 6) is -1.58.